The van der Waals surface area contributed by atoms with Crippen LogP contribution in [0.15, 0.2) is 146 Å². The molecule has 554 valence electrons. The Balaban J connectivity index is 0.0000111. The average molecular weight is 1530 g/mol. The van der Waals surface area contributed by atoms with Gasteiger partial charge in [0.15, 0.2) is 49.2 Å². The van der Waals surface area contributed by atoms with Gasteiger partial charge < -0.3 is 66.8 Å². The zero-order valence-electron chi connectivity index (χ0n) is 60.1. The zero-order valence-corrected chi connectivity index (χ0v) is 63.1. The first kappa shape index (κ1) is 76.6. The maximum Gasteiger partial charge on any atom is 2.00 e. The first-order chi connectivity index (χ1) is 52.1. The Hall–Kier alpha value is -12.0. The van der Waals surface area contributed by atoms with Gasteiger partial charge in [-0.2, -0.15) is 0 Å². The topological polar surface area (TPSA) is 363 Å². The molecule has 0 unspecified atom stereocenters. The van der Waals surface area contributed by atoms with Crippen molar-refractivity contribution >= 4 is 94.1 Å². The molecule has 0 amide bonds. The van der Waals surface area contributed by atoms with E-state index in [4.69, 9.17) is 76.8 Å². The summed E-state index contributed by atoms with van der Waals surface area (Å²) in [6, 6.07) is 42.9. The molecule has 31 heteroatoms. The third-order valence-corrected chi connectivity index (χ3v) is 17.3. The molecular weight excluding hydrogens is 1460 g/mol. The fourth-order valence-electron chi connectivity index (χ4n) is 13.0. The van der Waals surface area contributed by atoms with Gasteiger partial charge in [-0.25, -0.2) is 19.3 Å². The third-order valence-electron chi connectivity index (χ3n) is 17.3. The van der Waals surface area contributed by atoms with Gasteiger partial charge in [-0.3, -0.25) is 38.4 Å². The number of nitrogens with zero attached hydrogens (tertiary/aromatic N) is 10. The number of esters is 8. The van der Waals surface area contributed by atoms with E-state index < -0.39 is 122 Å². The molecule has 0 spiro atoms. The Kier molecular flexibility index (Phi) is 23.8. The number of carbonyl (C=O) groups is 8. The second kappa shape index (κ2) is 33.8. The molecule has 0 radical (unpaired) electrons. The van der Waals surface area contributed by atoms with Crippen LogP contribution < -0.4 is 9.97 Å². The summed E-state index contributed by atoms with van der Waals surface area (Å²) >= 11 is 0. The van der Waals surface area contributed by atoms with Crippen LogP contribution in [0.25, 0.3) is 102 Å². The molecule has 109 heavy (non-hydrogen) atoms. The fourth-order valence-corrected chi connectivity index (χ4v) is 13.0. The van der Waals surface area contributed by atoms with Crippen molar-refractivity contribution in [2.45, 2.75) is 130 Å². The second-order valence-electron chi connectivity index (χ2n) is 25.3. The summed E-state index contributed by atoms with van der Waals surface area (Å²) in [4.78, 5) is 120. The van der Waals surface area contributed by atoms with Gasteiger partial charge in [0.25, 0.3) is 0 Å². The molecule has 2 saturated heterocycles. The van der Waals surface area contributed by atoms with E-state index in [9.17, 15) is 38.4 Å². The zero-order chi connectivity index (χ0) is 75.9. The first-order valence-electron chi connectivity index (χ1n) is 34.1. The normalized spacial score (nSPS) is 19.9. The average Bonchev–Trinajstić information content (AvgIpc) is 1.69. The standard InChI is InChI=1S/C78H70N10O20.Zn/c1-41(89)97-39-65-71(101-43(3)91)73(103-45(5)93)75(105-47(7)95)77(107-65)99-37-53-35-87(85-83-53)55-23-19-51(20-24-55)69-61-31-29-59(80-61)67(49-15-11-9-12-16-49)57-27-28-58(79-57)68(50-17-13-10-14-18-50)60-30-32-62(81-60)70(64-34-33-63(69)82-64)52-21-25-56(26-22-52)88-36-54(84-86-88)38-100-78-76(106-48(8)96)74(104-46(6)94)72(102-44(4)92)66(108-78)40-98-42(2)90;/h9-36,65-66,71-78H,37-40H2,1-8H3;/q-2;+2/t65-,66-,71-,72-,73+,74+,75-,76+,77-,78+;/m1./s1. The van der Waals surface area contributed by atoms with E-state index in [1.807, 2.05) is 158 Å². The van der Waals surface area contributed by atoms with Crippen molar-refractivity contribution in [3.05, 3.63) is 180 Å². The number of rotatable bonds is 22. The van der Waals surface area contributed by atoms with Crippen molar-refractivity contribution in [3.8, 4) is 55.9 Å². The number of hydrogen-bond donors (Lipinski definition) is 0. The van der Waals surface area contributed by atoms with Crippen LogP contribution in [0.3, 0.4) is 0 Å². The fraction of sp³-hybridized carbons (Fsp3) is 0.282. The van der Waals surface area contributed by atoms with E-state index >= 15 is 0 Å². The molecule has 2 fully saturated rings. The van der Waals surface area contributed by atoms with E-state index in [-0.39, 0.29) is 32.7 Å². The van der Waals surface area contributed by atoms with Crippen molar-refractivity contribution < 1.29 is 115 Å². The summed E-state index contributed by atoms with van der Waals surface area (Å²) in [7, 11) is 0. The molecule has 4 aliphatic heterocycles. The molecule has 30 nitrogen and oxygen atoms in total. The summed E-state index contributed by atoms with van der Waals surface area (Å²) < 4.78 is 71.5. The SMILES string of the molecule is CC(=O)OC[C@H]1O[C@H](OCc2cn(-c3ccc(-c4c5nc(c(-c6ccc(-n7cc(CO[C@@H]8O[C@H](COC(C)=O)[C@@H](OC(C)=O)[C@H](OC(C)=O)[C@H]8OC(C)=O)nn7)cc6)c6ccc([n-]6)c(-c6ccccc6)c6nc(c(-c7ccccc7)c7ccc4[n-]7)C=C6)C=C5)cc3)nn2)[C@@H](OC(C)=O)[C@@H](OC(C)=O)[C@@H]1OC(C)=O.[Zn+2]. The smallest absolute Gasteiger partial charge is 0.657 e. The van der Waals surface area contributed by atoms with Gasteiger partial charge in [-0.1, -0.05) is 120 Å². The van der Waals surface area contributed by atoms with Crippen LogP contribution in [0.1, 0.15) is 89.6 Å². The summed E-state index contributed by atoms with van der Waals surface area (Å²) in [5.74, 6) is -6.05. The van der Waals surface area contributed by atoms with Crippen LogP contribution >= 0.6 is 0 Å². The minimum Gasteiger partial charge on any atom is -0.657 e. The molecule has 9 aromatic rings. The maximum atomic E-state index is 12.5. The number of benzene rings is 4. The molecular formula is C78H70N10O20Zn. The van der Waals surface area contributed by atoms with E-state index in [1.54, 1.807) is 12.4 Å². The Labute approximate surface area is 634 Å². The van der Waals surface area contributed by atoms with Crippen LogP contribution in [0.4, 0.5) is 0 Å². The third kappa shape index (κ3) is 17.8. The van der Waals surface area contributed by atoms with Gasteiger partial charge in [-0.15, -0.1) is 32.3 Å². The van der Waals surface area contributed by atoms with Crippen molar-refractivity contribution in [2.75, 3.05) is 13.2 Å². The molecule has 5 aromatic heterocycles. The van der Waals surface area contributed by atoms with Crippen molar-refractivity contribution in [3.63, 3.8) is 0 Å². The van der Waals surface area contributed by atoms with Crippen LogP contribution in [-0.4, -0.2) is 162 Å². The Morgan fingerprint density at radius 3 is 0.963 bits per heavy atom. The largest absolute Gasteiger partial charge is 2.00 e. The molecule has 9 heterocycles. The molecule has 4 aliphatic rings. The van der Waals surface area contributed by atoms with E-state index in [0.29, 0.717) is 78.7 Å². The summed E-state index contributed by atoms with van der Waals surface area (Å²) in [6.45, 7) is 7.69. The number of aromatic nitrogens is 10. The minimum absolute atomic E-state index is 0. The second-order valence-corrected chi connectivity index (χ2v) is 25.3. The van der Waals surface area contributed by atoms with Gasteiger partial charge in [0.1, 0.15) is 36.8 Å². The Morgan fingerprint density at radius 2 is 0.661 bits per heavy atom. The van der Waals surface area contributed by atoms with Crippen LogP contribution in [-0.2, 0) is 128 Å². The quantitative estimate of drug-likeness (QED) is 0.0347. The predicted octanol–water partition coefficient (Wildman–Crippen LogP) is 8.94. The molecule has 10 atom stereocenters. The first-order valence-corrected chi connectivity index (χ1v) is 34.1. The molecule has 13 rings (SSSR count). The van der Waals surface area contributed by atoms with Gasteiger partial charge >= 0.3 is 67.2 Å². The van der Waals surface area contributed by atoms with Gasteiger partial charge in [0, 0.05) is 55.4 Å². The maximum absolute atomic E-state index is 12.5. The molecule has 8 bridgehead atoms. The Morgan fingerprint density at radius 1 is 0.367 bits per heavy atom. The van der Waals surface area contributed by atoms with Gasteiger partial charge in [-0.05, 0) is 93.1 Å². The minimum atomic E-state index is -1.46. The van der Waals surface area contributed by atoms with E-state index in [2.05, 4.69) is 20.6 Å². The number of hydrogen-bond acceptors (Lipinski definition) is 26. The monoisotopic (exact) mass is 1530 g/mol. The van der Waals surface area contributed by atoms with E-state index in [0.717, 1.165) is 74.9 Å². The molecule has 4 aromatic carbocycles. The van der Waals surface area contributed by atoms with Crippen molar-refractivity contribution in [2.24, 2.45) is 0 Å². The van der Waals surface area contributed by atoms with E-state index in [1.165, 1.54) is 23.2 Å². The van der Waals surface area contributed by atoms with Crippen LogP contribution in [0, 0.1) is 0 Å². The summed E-state index contributed by atoms with van der Waals surface area (Å²) in [6.07, 6.45) is -2.82. The molecule has 0 aliphatic carbocycles. The van der Waals surface area contributed by atoms with Gasteiger partial charge in [0.05, 0.1) is 59.8 Å². The number of fused-ring (bicyclic) bond motifs is 8. The Bertz CT molecular complexity index is 4840. The van der Waals surface area contributed by atoms with Gasteiger partial charge in [0.2, 0.25) is 0 Å². The van der Waals surface area contributed by atoms with Crippen LogP contribution in [0.5, 0.6) is 0 Å². The summed E-state index contributed by atoms with van der Waals surface area (Å²) in [5, 5.41) is 17.5. The predicted molar refractivity (Wildman–Crippen MR) is 382 cm³/mol. The molecule has 0 saturated carbocycles. The van der Waals surface area contributed by atoms with Crippen LogP contribution in [0.2, 0.25) is 0 Å². The summed E-state index contributed by atoms with van der Waals surface area (Å²) in [5.41, 5.74) is 13.0. The molecule has 0 N–H and O–H groups in total. The van der Waals surface area contributed by atoms with Crippen molar-refractivity contribution in [1.29, 1.82) is 0 Å². The number of ether oxygens (including phenoxy) is 12. The number of carbonyl (C=O) groups excluding carboxylic acids is 8. The van der Waals surface area contributed by atoms with Crippen molar-refractivity contribution in [1.82, 2.24) is 49.9 Å².